The third-order valence-corrected chi connectivity index (χ3v) is 4.09. The Bertz CT molecular complexity index is 695. The lowest BCUT2D eigenvalue weighted by molar-refractivity contribution is -0.110. The molecule has 0 heterocycles. The number of halogens is 2. The minimum Gasteiger partial charge on any atom is -0.290 e. The molecule has 2 aromatic carbocycles. The highest BCUT2D eigenvalue weighted by molar-refractivity contribution is 6.31. The number of carbonyl (C=O) groups excluding carboxylic acids is 1. The second-order valence-electron chi connectivity index (χ2n) is 5.09. The summed E-state index contributed by atoms with van der Waals surface area (Å²) in [7, 11) is 0. The molecule has 0 radical (unpaired) electrons. The SMILES string of the molecule is Cc1ccc(/C=C/C(=O)/C=C/c2ccc(C)c(Cl)c2)cc1Cl. The molecule has 3 heteroatoms. The van der Waals surface area contributed by atoms with Crippen LogP contribution in [-0.4, -0.2) is 5.78 Å². The van der Waals surface area contributed by atoms with E-state index in [2.05, 4.69) is 0 Å². The van der Waals surface area contributed by atoms with Crippen LogP contribution in [0.2, 0.25) is 10.0 Å². The lowest BCUT2D eigenvalue weighted by Crippen LogP contribution is -1.86. The van der Waals surface area contributed by atoms with Crippen molar-refractivity contribution in [2.24, 2.45) is 0 Å². The van der Waals surface area contributed by atoms with Gasteiger partial charge >= 0.3 is 0 Å². The monoisotopic (exact) mass is 330 g/mol. The van der Waals surface area contributed by atoms with Crippen LogP contribution in [0.4, 0.5) is 0 Å². The van der Waals surface area contributed by atoms with Crippen LogP contribution < -0.4 is 0 Å². The first-order chi connectivity index (χ1) is 10.5. The molecule has 0 aromatic heterocycles. The minimum atomic E-state index is -0.0894. The van der Waals surface area contributed by atoms with Gasteiger partial charge in [-0.1, -0.05) is 59.6 Å². The van der Waals surface area contributed by atoms with E-state index in [0.717, 1.165) is 22.3 Å². The van der Waals surface area contributed by atoms with Gasteiger partial charge in [0.15, 0.2) is 5.78 Å². The van der Waals surface area contributed by atoms with Crippen molar-refractivity contribution >= 4 is 41.1 Å². The van der Waals surface area contributed by atoms with Gasteiger partial charge < -0.3 is 0 Å². The Morgan fingerprint density at radius 3 is 1.59 bits per heavy atom. The first kappa shape index (κ1) is 16.5. The fraction of sp³-hybridized carbons (Fsp3) is 0.105. The van der Waals surface area contributed by atoms with Crippen molar-refractivity contribution in [3.8, 4) is 0 Å². The normalized spacial score (nSPS) is 11.5. The third kappa shape index (κ3) is 4.59. The highest BCUT2D eigenvalue weighted by Gasteiger charge is 1.97. The van der Waals surface area contributed by atoms with Crippen LogP contribution in [0.15, 0.2) is 48.6 Å². The molecule has 0 aliphatic rings. The van der Waals surface area contributed by atoms with E-state index in [4.69, 9.17) is 23.2 Å². The number of aryl methyl sites for hydroxylation is 2. The molecule has 0 saturated heterocycles. The van der Waals surface area contributed by atoms with Crippen LogP contribution in [0.5, 0.6) is 0 Å². The topological polar surface area (TPSA) is 17.1 Å². The van der Waals surface area contributed by atoms with Gasteiger partial charge in [-0.3, -0.25) is 4.79 Å². The van der Waals surface area contributed by atoms with Gasteiger partial charge in [0.1, 0.15) is 0 Å². The summed E-state index contributed by atoms with van der Waals surface area (Å²) >= 11 is 12.1. The Labute approximate surface area is 140 Å². The Kier molecular flexibility index (Phi) is 5.59. The Morgan fingerprint density at radius 2 is 1.23 bits per heavy atom. The summed E-state index contributed by atoms with van der Waals surface area (Å²) in [5.74, 6) is -0.0894. The molecule has 0 atom stereocenters. The van der Waals surface area contributed by atoms with E-state index < -0.39 is 0 Å². The largest absolute Gasteiger partial charge is 0.290 e. The maximum Gasteiger partial charge on any atom is 0.178 e. The van der Waals surface area contributed by atoms with Crippen molar-refractivity contribution in [1.29, 1.82) is 0 Å². The smallest absolute Gasteiger partial charge is 0.178 e. The van der Waals surface area contributed by atoms with Gasteiger partial charge in [-0.25, -0.2) is 0 Å². The molecule has 0 amide bonds. The highest BCUT2D eigenvalue weighted by atomic mass is 35.5. The number of ketones is 1. The summed E-state index contributed by atoms with van der Waals surface area (Å²) in [5.41, 5.74) is 3.83. The van der Waals surface area contributed by atoms with Gasteiger partial charge in [-0.05, 0) is 60.4 Å². The van der Waals surface area contributed by atoms with E-state index >= 15 is 0 Å². The fourth-order valence-corrected chi connectivity index (χ4v) is 2.22. The van der Waals surface area contributed by atoms with E-state index in [9.17, 15) is 4.79 Å². The quantitative estimate of drug-likeness (QED) is 0.637. The summed E-state index contributed by atoms with van der Waals surface area (Å²) in [4.78, 5) is 11.9. The van der Waals surface area contributed by atoms with Crippen LogP contribution in [0.25, 0.3) is 12.2 Å². The predicted molar refractivity (Wildman–Crippen MR) is 95.5 cm³/mol. The third-order valence-electron chi connectivity index (χ3n) is 3.27. The van der Waals surface area contributed by atoms with Crippen molar-refractivity contribution in [2.45, 2.75) is 13.8 Å². The molecule has 0 saturated carbocycles. The lowest BCUT2D eigenvalue weighted by atomic mass is 10.1. The first-order valence-corrected chi connectivity index (χ1v) is 7.64. The van der Waals surface area contributed by atoms with Crippen LogP contribution in [0.3, 0.4) is 0 Å². The van der Waals surface area contributed by atoms with Gasteiger partial charge in [0.05, 0.1) is 0 Å². The Hall–Kier alpha value is -1.83. The molecule has 0 bridgehead atoms. The van der Waals surface area contributed by atoms with Crippen molar-refractivity contribution in [1.82, 2.24) is 0 Å². The number of carbonyl (C=O) groups is 1. The van der Waals surface area contributed by atoms with Crippen molar-refractivity contribution < 1.29 is 4.79 Å². The van der Waals surface area contributed by atoms with Crippen molar-refractivity contribution in [3.63, 3.8) is 0 Å². The van der Waals surface area contributed by atoms with Crippen LogP contribution in [0, 0.1) is 13.8 Å². The molecule has 0 spiro atoms. The molecule has 0 unspecified atom stereocenters. The fourth-order valence-electron chi connectivity index (χ4n) is 1.84. The number of hydrogen-bond acceptors (Lipinski definition) is 1. The summed E-state index contributed by atoms with van der Waals surface area (Å²) in [6.45, 7) is 3.88. The molecule has 0 aliphatic carbocycles. The molecular formula is C19H16Cl2O. The van der Waals surface area contributed by atoms with E-state index in [0.29, 0.717) is 10.0 Å². The molecule has 0 N–H and O–H groups in total. The molecule has 1 nitrogen and oxygen atoms in total. The van der Waals surface area contributed by atoms with Gasteiger partial charge in [0.2, 0.25) is 0 Å². The maximum absolute atomic E-state index is 11.9. The van der Waals surface area contributed by atoms with Gasteiger partial charge in [0.25, 0.3) is 0 Å². The van der Waals surface area contributed by atoms with Crippen molar-refractivity contribution in [2.75, 3.05) is 0 Å². The molecule has 0 aliphatic heterocycles. The molecule has 2 rings (SSSR count). The Balaban J connectivity index is 2.05. The van der Waals surface area contributed by atoms with Crippen LogP contribution in [0.1, 0.15) is 22.3 Å². The molecule has 22 heavy (non-hydrogen) atoms. The van der Waals surface area contributed by atoms with Crippen molar-refractivity contribution in [3.05, 3.63) is 80.8 Å². The first-order valence-electron chi connectivity index (χ1n) is 6.88. The van der Waals surface area contributed by atoms with Crippen LogP contribution in [-0.2, 0) is 4.79 Å². The Morgan fingerprint density at radius 1 is 0.818 bits per heavy atom. The summed E-state index contributed by atoms with van der Waals surface area (Å²) < 4.78 is 0. The van der Waals surface area contributed by atoms with E-state index in [1.165, 1.54) is 12.2 Å². The van der Waals surface area contributed by atoms with Gasteiger partial charge in [0, 0.05) is 10.0 Å². The zero-order valence-electron chi connectivity index (χ0n) is 12.4. The average molecular weight is 331 g/mol. The maximum atomic E-state index is 11.9. The number of rotatable bonds is 4. The molecule has 112 valence electrons. The number of allylic oxidation sites excluding steroid dienone is 2. The zero-order valence-corrected chi connectivity index (χ0v) is 13.9. The summed E-state index contributed by atoms with van der Waals surface area (Å²) in [6, 6.07) is 11.4. The second kappa shape index (κ2) is 7.44. The van der Waals surface area contributed by atoms with E-state index in [-0.39, 0.29) is 5.78 Å². The molecule has 0 fully saturated rings. The summed E-state index contributed by atoms with van der Waals surface area (Å²) in [5, 5.41) is 1.39. The van der Waals surface area contributed by atoms with Crippen LogP contribution >= 0.6 is 23.2 Å². The lowest BCUT2D eigenvalue weighted by Gasteiger charge is -1.99. The number of hydrogen-bond donors (Lipinski definition) is 0. The average Bonchev–Trinajstić information content (AvgIpc) is 2.49. The van der Waals surface area contributed by atoms with Gasteiger partial charge in [-0.2, -0.15) is 0 Å². The predicted octanol–water partition coefficient (Wildman–Crippen LogP) is 5.91. The van der Waals surface area contributed by atoms with E-state index in [1.807, 2.05) is 50.2 Å². The van der Waals surface area contributed by atoms with E-state index in [1.54, 1.807) is 12.2 Å². The number of benzene rings is 2. The second-order valence-corrected chi connectivity index (χ2v) is 5.90. The molecular weight excluding hydrogens is 315 g/mol. The highest BCUT2D eigenvalue weighted by Crippen LogP contribution is 2.18. The molecule has 2 aromatic rings. The zero-order chi connectivity index (χ0) is 16.1. The van der Waals surface area contributed by atoms with Gasteiger partial charge in [-0.15, -0.1) is 0 Å². The minimum absolute atomic E-state index is 0.0894. The standard InChI is InChI=1S/C19H16Cl2O/c1-13-3-5-15(11-18(13)20)7-9-17(22)10-8-16-6-4-14(2)19(21)12-16/h3-12H,1-2H3/b9-7+,10-8+. The summed E-state index contributed by atoms with van der Waals surface area (Å²) in [6.07, 6.45) is 6.54.